The maximum atomic E-state index is 11.7. The summed E-state index contributed by atoms with van der Waals surface area (Å²) in [6.07, 6.45) is 1.68. The molecule has 2 N–H and O–H groups in total. The van der Waals surface area contributed by atoms with E-state index in [2.05, 4.69) is 16.8 Å². The smallest absolute Gasteiger partial charge is 0.161 e. The van der Waals surface area contributed by atoms with Crippen molar-refractivity contribution in [2.45, 2.75) is 18.7 Å². The Hall–Kier alpha value is -1.99. The summed E-state index contributed by atoms with van der Waals surface area (Å²) in [5, 5.41) is 0. The third-order valence-electron chi connectivity index (χ3n) is 3.95. The number of anilines is 2. The molecular formula is C17H22N4O2S. The lowest BCUT2D eigenvalue weighted by molar-refractivity contribution is 0.0985. The van der Waals surface area contributed by atoms with E-state index in [4.69, 9.17) is 15.5 Å². The van der Waals surface area contributed by atoms with Crippen molar-refractivity contribution in [3.05, 3.63) is 36.0 Å². The lowest BCUT2D eigenvalue weighted by Crippen LogP contribution is -2.44. The minimum Gasteiger partial charge on any atom is -0.399 e. The van der Waals surface area contributed by atoms with Crippen molar-refractivity contribution in [1.82, 2.24) is 9.97 Å². The van der Waals surface area contributed by atoms with Gasteiger partial charge in [0.2, 0.25) is 0 Å². The normalized spacial score (nSPS) is 19.2. The zero-order valence-electron chi connectivity index (χ0n) is 13.9. The molecule has 3 rings (SSSR count). The van der Waals surface area contributed by atoms with Crippen LogP contribution in [0.4, 0.5) is 11.5 Å². The van der Waals surface area contributed by atoms with Crippen LogP contribution in [0, 0.1) is 0 Å². The predicted octanol–water partition coefficient (Wildman–Crippen LogP) is 1.83. The standard InChI is InChI=1S/C17H22N4O2S/c1-12-10-23-8-7-21(12)16-9-15(11-24(2)22)19-17(20-16)13-3-5-14(18)6-4-13/h3-6,9,12H,7-8,10-11,18H2,1-2H3/t12-,24?/m0/s1. The van der Waals surface area contributed by atoms with E-state index in [0.717, 1.165) is 23.6 Å². The summed E-state index contributed by atoms with van der Waals surface area (Å²) in [7, 11) is -0.960. The Bertz CT molecular complexity index is 736. The number of morpholine rings is 1. The van der Waals surface area contributed by atoms with Gasteiger partial charge in [0.1, 0.15) is 5.82 Å². The van der Waals surface area contributed by atoms with E-state index in [-0.39, 0.29) is 6.04 Å². The van der Waals surface area contributed by atoms with Gasteiger partial charge < -0.3 is 15.4 Å². The van der Waals surface area contributed by atoms with Crippen LogP contribution in [0.2, 0.25) is 0 Å². The summed E-state index contributed by atoms with van der Waals surface area (Å²) in [5.41, 5.74) is 8.14. The van der Waals surface area contributed by atoms with Gasteiger partial charge in [-0.25, -0.2) is 9.97 Å². The molecule has 0 aliphatic carbocycles. The maximum absolute atomic E-state index is 11.7. The van der Waals surface area contributed by atoms with Gasteiger partial charge >= 0.3 is 0 Å². The van der Waals surface area contributed by atoms with Crippen molar-refractivity contribution in [2.24, 2.45) is 0 Å². The summed E-state index contributed by atoms with van der Waals surface area (Å²) < 4.78 is 17.2. The fourth-order valence-corrected chi connectivity index (χ4v) is 3.31. The number of ether oxygens (including phenoxy) is 1. The van der Waals surface area contributed by atoms with E-state index in [1.807, 2.05) is 30.3 Å². The molecule has 6 nitrogen and oxygen atoms in total. The zero-order valence-corrected chi connectivity index (χ0v) is 14.8. The van der Waals surface area contributed by atoms with Gasteiger partial charge in [0.15, 0.2) is 5.82 Å². The number of nitrogens with zero attached hydrogens (tertiary/aromatic N) is 3. The Balaban J connectivity index is 2.02. The Kier molecular flexibility index (Phi) is 5.11. The van der Waals surface area contributed by atoms with Gasteiger partial charge in [-0.2, -0.15) is 0 Å². The Labute approximate surface area is 144 Å². The first-order chi connectivity index (χ1) is 11.5. The van der Waals surface area contributed by atoms with E-state index >= 15 is 0 Å². The molecule has 1 saturated heterocycles. The second-order valence-corrected chi connectivity index (χ2v) is 7.43. The third-order valence-corrected chi connectivity index (χ3v) is 4.65. The summed E-state index contributed by atoms with van der Waals surface area (Å²) >= 11 is 0. The van der Waals surface area contributed by atoms with Gasteiger partial charge in [-0.1, -0.05) is 0 Å². The predicted molar refractivity (Wildman–Crippen MR) is 97.3 cm³/mol. The number of hydrogen-bond donors (Lipinski definition) is 1. The quantitative estimate of drug-likeness (QED) is 0.851. The van der Waals surface area contributed by atoms with Crippen LogP contribution in [0.3, 0.4) is 0 Å². The topological polar surface area (TPSA) is 81.3 Å². The molecule has 2 atom stereocenters. The van der Waals surface area contributed by atoms with Crippen molar-refractivity contribution >= 4 is 22.3 Å². The lowest BCUT2D eigenvalue weighted by Gasteiger charge is -2.34. The molecule has 0 saturated carbocycles. The Morgan fingerprint density at radius 1 is 1.33 bits per heavy atom. The van der Waals surface area contributed by atoms with Crippen molar-refractivity contribution in [3.63, 3.8) is 0 Å². The number of rotatable bonds is 4. The van der Waals surface area contributed by atoms with Gasteiger partial charge in [0.25, 0.3) is 0 Å². The van der Waals surface area contributed by atoms with Crippen LogP contribution in [0.5, 0.6) is 0 Å². The number of nitrogens with two attached hydrogens (primary N) is 1. The first-order valence-corrected chi connectivity index (χ1v) is 9.64. The van der Waals surface area contributed by atoms with E-state index < -0.39 is 10.8 Å². The fourth-order valence-electron chi connectivity index (χ4n) is 2.74. The number of nitrogen functional groups attached to an aromatic ring is 1. The number of hydrogen-bond acceptors (Lipinski definition) is 6. The van der Waals surface area contributed by atoms with Crippen LogP contribution in [0.25, 0.3) is 11.4 Å². The molecule has 1 fully saturated rings. The first-order valence-electron chi connectivity index (χ1n) is 7.91. The molecule has 1 aromatic heterocycles. The van der Waals surface area contributed by atoms with Crippen LogP contribution in [0.1, 0.15) is 12.6 Å². The molecular weight excluding hydrogens is 324 g/mol. The molecule has 24 heavy (non-hydrogen) atoms. The van der Waals surface area contributed by atoms with Gasteiger partial charge in [-0.15, -0.1) is 0 Å². The molecule has 2 aromatic rings. The number of aromatic nitrogens is 2. The van der Waals surface area contributed by atoms with Crippen LogP contribution in [-0.2, 0) is 21.3 Å². The largest absolute Gasteiger partial charge is 0.399 e. The molecule has 1 aliphatic heterocycles. The summed E-state index contributed by atoms with van der Waals surface area (Å²) in [4.78, 5) is 11.5. The van der Waals surface area contributed by atoms with Gasteiger partial charge in [0.05, 0.1) is 30.7 Å². The molecule has 0 radical (unpaired) electrons. The van der Waals surface area contributed by atoms with Gasteiger partial charge in [-0.3, -0.25) is 4.21 Å². The van der Waals surface area contributed by atoms with Crippen LogP contribution in [0.15, 0.2) is 30.3 Å². The average molecular weight is 346 g/mol. The highest BCUT2D eigenvalue weighted by Crippen LogP contribution is 2.24. The second-order valence-electron chi connectivity index (χ2n) is 6.00. The van der Waals surface area contributed by atoms with Gasteiger partial charge in [0, 0.05) is 40.9 Å². The molecule has 0 bridgehead atoms. The summed E-state index contributed by atoms with van der Waals surface area (Å²) in [6, 6.07) is 9.66. The SMILES string of the molecule is C[C@H]1COCCN1c1cc(CS(C)=O)nc(-c2ccc(N)cc2)n1. The molecule has 2 heterocycles. The number of benzene rings is 1. The minimum absolute atomic E-state index is 0.243. The highest BCUT2D eigenvalue weighted by molar-refractivity contribution is 7.83. The van der Waals surface area contributed by atoms with Crippen molar-refractivity contribution in [2.75, 3.05) is 36.6 Å². The van der Waals surface area contributed by atoms with Crippen molar-refractivity contribution < 1.29 is 8.95 Å². The van der Waals surface area contributed by atoms with Crippen molar-refractivity contribution in [3.8, 4) is 11.4 Å². The van der Waals surface area contributed by atoms with E-state index in [9.17, 15) is 4.21 Å². The Morgan fingerprint density at radius 3 is 2.75 bits per heavy atom. The summed E-state index contributed by atoms with van der Waals surface area (Å²) in [6.45, 7) is 4.26. The molecule has 1 unspecified atom stereocenters. The molecule has 0 amide bonds. The summed E-state index contributed by atoms with van der Waals surface area (Å²) in [5.74, 6) is 1.90. The molecule has 0 spiro atoms. The monoisotopic (exact) mass is 346 g/mol. The fraction of sp³-hybridized carbons (Fsp3) is 0.412. The molecule has 1 aromatic carbocycles. The highest BCUT2D eigenvalue weighted by Gasteiger charge is 2.22. The zero-order chi connectivity index (χ0) is 17.1. The molecule has 7 heteroatoms. The van der Waals surface area contributed by atoms with E-state index in [1.54, 1.807) is 6.26 Å². The first kappa shape index (κ1) is 16.9. The van der Waals surface area contributed by atoms with Crippen LogP contribution in [-0.4, -0.2) is 46.2 Å². The lowest BCUT2D eigenvalue weighted by atomic mass is 10.2. The van der Waals surface area contributed by atoms with Crippen molar-refractivity contribution in [1.29, 1.82) is 0 Å². The van der Waals surface area contributed by atoms with Crippen LogP contribution >= 0.6 is 0 Å². The van der Waals surface area contributed by atoms with Gasteiger partial charge in [-0.05, 0) is 31.2 Å². The highest BCUT2D eigenvalue weighted by atomic mass is 32.2. The molecule has 128 valence electrons. The maximum Gasteiger partial charge on any atom is 0.161 e. The molecule has 1 aliphatic rings. The van der Waals surface area contributed by atoms with Crippen LogP contribution < -0.4 is 10.6 Å². The average Bonchev–Trinajstić information content (AvgIpc) is 2.55. The minimum atomic E-state index is -0.960. The van der Waals surface area contributed by atoms with E-state index in [1.165, 1.54) is 0 Å². The third kappa shape index (κ3) is 3.91. The second kappa shape index (κ2) is 7.27. The van der Waals surface area contributed by atoms with E-state index in [0.29, 0.717) is 30.5 Å². The Morgan fingerprint density at radius 2 is 2.08 bits per heavy atom.